The number of carboxylic acids is 1. The third kappa shape index (κ3) is 4.16. The van der Waals surface area contributed by atoms with Crippen molar-refractivity contribution in [2.24, 2.45) is 11.5 Å². The van der Waals surface area contributed by atoms with Crippen molar-refractivity contribution < 1.29 is 19.4 Å². The predicted octanol–water partition coefficient (Wildman–Crippen LogP) is -0.149. The van der Waals surface area contributed by atoms with Gasteiger partial charge in [-0.05, 0) is 19.4 Å². The fourth-order valence-corrected chi connectivity index (χ4v) is 1.17. The Morgan fingerprint density at radius 1 is 1.38 bits per heavy atom. The van der Waals surface area contributed by atoms with Gasteiger partial charge < -0.3 is 21.3 Å². The zero-order valence-electron chi connectivity index (χ0n) is 9.57. The number of rotatable bonds is 8. The molecule has 0 aliphatic carbocycles. The Kier molecular flexibility index (Phi) is 6.67. The van der Waals surface area contributed by atoms with E-state index in [1.165, 1.54) is 0 Å². The molecule has 0 amide bonds. The molecule has 0 aromatic carbocycles. The van der Waals surface area contributed by atoms with E-state index in [0.717, 1.165) is 12.8 Å². The molecular formula is C10H20N2O4. The van der Waals surface area contributed by atoms with E-state index in [0.29, 0.717) is 6.42 Å². The highest BCUT2D eigenvalue weighted by Gasteiger charge is 2.43. The lowest BCUT2D eigenvalue weighted by Gasteiger charge is -2.21. The number of carboxylic acid groups (broad SMARTS) is 1. The van der Waals surface area contributed by atoms with Crippen LogP contribution in [-0.4, -0.2) is 35.7 Å². The Morgan fingerprint density at radius 2 is 2.00 bits per heavy atom. The topological polar surface area (TPSA) is 116 Å². The molecule has 6 nitrogen and oxygen atoms in total. The second-order valence-electron chi connectivity index (χ2n) is 3.66. The highest BCUT2D eigenvalue weighted by molar-refractivity contribution is 6.03. The lowest BCUT2D eigenvalue weighted by molar-refractivity contribution is -0.161. The monoisotopic (exact) mass is 232 g/mol. The van der Waals surface area contributed by atoms with Crippen molar-refractivity contribution in [2.45, 2.75) is 38.1 Å². The molecule has 0 aliphatic heterocycles. The number of hydrogen-bond acceptors (Lipinski definition) is 5. The third-order valence-corrected chi connectivity index (χ3v) is 2.27. The number of nitrogens with two attached hydrogens (primary N) is 2. The molecule has 1 atom stereocenters. The first-order chi connectivity index (χ1) is 7.49. The zero-order valence-corrected chi connectivity index (χ0v) is 9.57. The smallest absolute Gasteiger partial charge is 0.337 e. The standard InChI is InChI=1S/C10H20N2O4/c1-2-3-4-7-16-9(15)10(12,5-6-11)8(13)14/h2-7,11-12H2,1H3,(H,13,14). The number of carbonyl (C=O) groups is 2. The SMILES string of the molecule is CCCCCOC(=O)C(N)(CCN)C(=O)O. The highest BCUT2D eigenvalue weighted by Crippen LogP contribution is 2.09. The molecule has 1 unspecified atom stereocenters. The molecule has 0 heterocycles. The number of esters is 1. The molecule has 0 aromatic rings. The molecule has 0 fully saturated rings. The minimum Gasteiger partial charge on any atom is -0.479 e. The van der Waals surface area contributed by atoms with Gasteiger partial charge in [0.1, 0.15) is 0 Å². The van der Waals surface area contributed by atoms with E-state index in [2.05, 4.69) is 0 Å². The lowest BCUT2D eigenvalue weighted by Crippen LogP contribution is -2.56. The van der Waals surface area contributed by atoms with Gasteiger partial charge in [0, 0.05) is 0 Å². The van der Waals surface area contributed by atoms with Crippen molar-refractivity contribution in [3.63, 3.8) is 0 Å². The van der Waals surface area contributed by atoms with Crippen LogP contribution in [0.25, 0.3) is 0 Å². The summed E-state index contributed by atoms with van der Waals surface area (Å²) in [6.07, 6.45) is 2.50. The van der Waals surface area contributed by atoms with Gasteiger partial charge in [0.2, 0.25) is 5.54 Å². The zero-order chi connectivity index (χ0) is 12.6. The van der Waals surface area contributed by atoms with Gasteiger partial charge in [-0.15, -0.1) is 0 Å². The van der Waals surface area contributed by atoms with Crippen molar-refractivity contribution in [2.75, 3.05) is 13.2 Å². The Balaban J connectivity index is 4.23. The number of unbranched alkanes of at least 4 members (excludes halogenated alkanes) is 2. The normalized spacial score (nSPS) is 14.2. The minimum absolute atomic E-state index is 0.0207. The van der Waals surface area contributed by atoms with Crippen LogP contribution >= 0.6 is 0 Å². The maximum absolute atomic E-state index is 11.5. The predicted molar refractivity (Wildman–Crippen MR) is 58.7 cm³/mol. The van der Waals surface area contributed by atoms with Gasteiger partial charge in [0.05, 0.1) is 6.61 Å². The molecule has 0 aromatic heterocycles. The Labute approximate surface area is 94.9 Å². The van der Waals surface area contributed by atoms with Gasteiger partial charge in [0.25, 0.3) is 0 Å². The van der Waals surface area contributed by atoms with Crippen LogP contribution in [0.1, 0.15) is 32.6 Å². The quantitative estimate of drug-likeness (QED) is 0.304. The van der Waals surface area contributed by atoms with Crippen molar-refractivity contribution in [1.82, 2.24) is 0 Å². The molecule has 0 radical (unpaired) electrons. The Morgan fingerprint density at radius 3 is 2.44 bits per heavy atom. The van der Waals surface area contributed by atoms with E-state index in [-0.39, 0.29) is 19.6 Å². The molecule has 0 spiro atoms. The van der Waals surface area contributed by atoms with Gasteiger partial charge in [-0.25, -0.2) is 9.59 Å². The summed E-state index contributed by atoms with van der Waals surface area (Å²) in [5.74, 6) is -2.32. The third-order valence-electron chi connectivity index (χ3n) is 2.27. The minimum atomic E-state index is -2.01. The molecule has 0 saturated heterocycles. The maximum Gasteiger partial charge on any atom is 0.337 e. The van der Waals surface area contributed by atoms with Crippen LogP contribution in [0.2, 0.25) is 0 Å². The first kappa shape index (κ1) is 14.9. The molecule has 5 N–H and O–H groups in total. The Hall–Kier alpha value is -1.14. The van der Waals surface area contributed by atoms with E-state index in [1.807, 2.05) is 6.92 Å². The van der Waals surface area contributed by atoms with Crippen LogP contribution in [0.5, 0.6) is 0 Å². The number of aliphatic carboxylic acids is 1. The van der Waals surface area contributed by atoms with Gasteiger partial charge >= 0.3 is 11.9 Å². The second kappa shape index (κ2) is 7.19. The Bertz CT molecular complexity index is 245. The average Bonchev–Trinajstić information content (AvgIpc) is 2.24. The molecular weight excluding hydrogens is 212 g/mol. The van der Waals surface area contributed by atoms with Crippen molar-refractivity contribution in [1.29, 1.82) is 0 Å². The summed E-state index contributed by atoms with van der Waals surface area (Å²) in [7, 11) is 0. The van der Waals surface area contributed by atoms with Crippen LogP contribution in [-0.2, 0) is 14.3 Å². The molecule has 6 heteroatoms. The number of hydrogen-bond donors (Lipinski definition) is 3. The number of ether oxygens (including phenoxy) is 1. The summed E-state index contributed by atoms with van der Waals surface area (Å²) in [5, 5.41) is 8.86. The van der Waals surface area contributed by atoms with Gasteiger partial charge in [-0.2, -0.15) is 0 Å². The summed E-state index contributed by atoms with van der Waals surface area (Å²) in [5.41, 5.74) is 8.66. The van der Waals surface area contributed by atoms with E-state index >= 15 is 0 Å². The maximum atomic E-state index is 11.5. The van der Waals surface area contributed by atoms with Gasteiger partial charge in [-0.3, -0.25) is 0 Å². The van der Waals surface area contributed by atoms with E-state index in [9.17, 15) is 9.59 Å². The summed E-state index contributed by atoms with van der Waals surface area (Å²) in [6.45, 7) is 2.23. The van der Waals surface area contributed by atoms with Crippen LogP contribution in [0.3, 0.4) is 0 Å². The summed E-state index contributed by atoms with van der Waals surface area (Å²) in [6, 6.07) is 0. The van der Waals surface area contributed by atoms with E-state index in [1.54, 1.807) is 0 Å². The van der Waals surface area contributed by atoms with E-state index < -0.39 is 17.5 Å². The fourth-order valence-electron chi connectivity index (χ4n) is 1.17. The van der Waals surface area contributed by atoms with Gasteiger partial charge in [-0.1, -0.05) is 19.8 Å². The fraction of sp³-hybridized carbons (Fsp3) is 0.800. The second-order valence-corrected chi connectivity index (χ2v) is 3.66. The largest absolute Gasteiger partial charge is 0.479 e. The molecule has 94 valence electrons. The average molecular weight is 232 g/mol. The first-order valence-corrected chi connectivity index (χ1v) is 5.38. The number of carbonyl (C=O) groups excluding carboxylic acids is 1. The van der Waals surface area contributed by atoms with Gasteiger partial charge in [0.15, 0.2) is 0 Å². The van der Waals surface area contributed by atoms with Crippen molar-refractivity contribution in [3.05, 3.63) is 0 Å². The molecule has 0 saturated carbocycles. The molecule has 0 aliphatic rings. The first-order valence-electron chi connectivity index (χ1n) is 5.38. The highest BCUT2D eigenvalue weighted by atomic mass is 16.5. The van der Waals surface area contributed by atoms with Crippen LogP contribution < -0.4 is 11.5 Å². The summed E-state index contributed by atoms with van der Waals surface area (Å²) in [4.78, 5) is 22.3. The van der Waals surface area contributed by atoms with Crippen molar-refractivity contribution >= 4 is 11.9 Å². The van der Waals surface area contributed by atoms with E-state index in [4.69, 9.17) is 21.3 Å². The summed E-state index contributed by atoms with van der Waals surface area (Å²) < 4.78 is 4.82. The molecule has 0 rings (SSSR count). The molecule has 0 bridgehead atoms. The van der Waals surface area contributed by atoms with Crippen molar-refractivity contribution in [3.8, 4) is 0 Å². The molecule has 16 heavy (non-hydrogen) atoms. The lowest BCUT2D eigenvalue weighted by atomic mass is 9.97. The van der Waals surface area contributed by atoms with Crippen LogP contribution in [0, 0.1) is 0 Å². The summed E-state index contributed by atoms with van der Waals surface area (Å²) >= 11 is 0. The van der Waals surface area contributed by atoms with Crippen LogP contribution in [0.4, 0.5) is 0 Å². The van der Waals surface area contributed by atoms with Crippen LogP contribution in [0.15, 0.2) is 0 Å².